The Kier molecular flexibility index (Phi) is 9.37. The van der Waals surface area contributed by atoms with Crippen molar-refractivity contribution in [1.29, 1.82) is 0 Å². The molecule has 0 saturated carbocycles. The maximum absolute atomic E-state index is 12.7. The fourth-order valence-corrected chi connectivity index (χ4v) is 4.29. The molecule has 10 nitrogen and oxygen atoms in total. The number of sulfonamides is 1. The van der Waals surface area contributed by atoms with Crippen LogP contribution < -0.4 is 23.8 Å². The van der Waals surface area contributed by atoms with E-state index in [-0.39, 0.29) is 10.6 Å². The molecule has 0 radical (unpaired) electrons. The van der Waals surface area contributed by atoms with Gasteiger partial charge in [-0.3, -0.25) is 4.90 Å². The van der Waals surface area contributed by atoms with Gasteiger partial charge in [-0.05, 0) is 42.8 Å². The quantitative estimate of drug-likeness (QED) is 0.354. The van der Waals surface area contributed by atoms with E-state index in [0.29, 0.717) is 36.0 Å². The van der Waals surface area contributed by atoms with Gasteiger partial charge in [0.25, 0.3) is 10.0 Å². The number of nitrogens with one attached hydrogen (secondary N) is 1. The van der Waals surface area contributed by atoms with Gasteiger partial charge < -0.3 is 23.7 Å². The first-order chi connectivity index (χ1) is 16.5. The molecule has 1 aliphatic rings. The van der Waals surface area contributed by atoms with Crippen LogP contribution in [0.15, 0.2) is 46.4 Å². The van der Waals surface area contributed by atoms with Gasteiger partial charge in [0.05, 0.1) is 40.3 Å². The van der Waals surface area contributed by atoms with Crippen LogP contribution in [-0.4, -0.2) is 79.8 Å². The van der Waals surface area contributed by atoms with Crippen molar-refractivity contribution in [2.24, 2.45) is 5.10 Å². The minimum absolute atomic E-state index is 0.0782. The van der Waals surface area contributed by atoms with E-state index in [1.54, 1.807) is 24.3 Å². The van der Waals surface area contributed by atoms with Crippen LogP contribution in [0, 0.1) is 0 Å². The Balaban J connectivity index is 1.66. The van der Waals surface area contributed by atoms with Crippen molar-refractivity contribution >= 4 is 16.2 Å². The Labute approximate surface area is 200 Å². The van der Waals surface area contributed by atoms with Gasteiger partial charge in [-0.1, -0.05) is 0 Å². The summed E-state index contributed by atoms with van der Waals surface area (Å²) in [4.78, 5) is 4.41. The van der Waals surface area contributed by atoms with E-state index in [2.05, 4.69) is 14.8 Å². The zero-order valence-electron chi connectivity index (χ0n) is 19.7. The van der Waals surface area contributed by atoms with Crippen molar-refractivity contribution in [3.63, 3.8) is 0 Å². The van der Waals surface area contributed by atoms with Crippen LogP contribution in [0.25, 0.3) is 0 Å². The van der Waals surface area contributed by atoms with Crippen molar-refractivity contribution in [2.45, 2.75) is 11.8 Å². The van der Waals surface area contributed by atoms with Crippen LogP contribution in [-0.2, 0) is 14.8 Å². The summed E-state index contributed by atoms with van der Waals surface area (Å²) in [7, 11) is -1.13. The molecule has 0 atom stereocenters. The summed E-state index contributed by atoms with van der Waals surface area (Å²) in [5, 5.41) is 3.90. The van der Waals surface area contributed by atoms with Crippen molar-refractivity contribution in [3.8, 4) is 23.0 Å². The molecule has 0 aliphatic carbocycles. The standard InChI is InChI=1S/C23H31N3O7S/c1-4-32-22-15-18(5-7-20(22)33-14-11-26-9-12-31-13-10-26)17-24-25-34(27,28)23-16-19(29-2)6-8-21(23)30-3/h5-8,15-17,25H,4,9-14H2,1-3H3/b24-17+. The van der Waals surface area contributed by atoms with Crippen molar-refractivity contribution in [1.82, 2.24) is 9.73 Å². The second-order valence-corrected chi connectivity index (χ2v) is 8.94. The Morgan fingerprint density at radius 1 is 1.03 bits per heavy atom. The summed E-state index contributed by atoms with van der Waals surface area (Å²) in [6.45, 7) is 6.95. The van der Waals surface area contributed by atoms with Crippen LogP contribution in [0.3, 0.4) is 0 Å². The van der Waals surface area contributed by atoms with Crippen molar-refractivity contribution < 1.29 is 32.1 Å². The van der Waals surface area contributed by atoms with Crippen molar-refractivity contribution in [3.05, 3.63) is 42.0 Å². The molecule has 1 N–H and O–H groups in total. The van der Waals surface area contributed by atoms with E-state index in [1.165, 1.54) is 32.6 Å². The Morgan fingerprint density at radius 3 is 2.50 bits per heavy atom. The van der Waals surface area contributed by atoms with Gasteiger partial charge in [-0.25, -0.2) is 0 Å². The van der Waals surface area contributed by atoms with E-state index in [9.17, 15) is 8.42 Å². The third-order valence-electron chi connectivity index (χ3n) is 5.08. The highest BCUT2D eigenvalue weighted by molar-refractivity contribution is 7.89. The van der Waals surface area contributed by atoms with Gasteiger partial charge in [0, 0.05) is 25.7 Å². The molecule has 3 rings (SSSR count). The highest BCUT2D eigenvalue weighted by atomic mass is 32.2. The molecule has 1 aliphatic heterocycles. The van der Waals surface area contributed by atoms with E-state index < -0.39 is 10.0 Å². The number of hydrazone groups is 1. The monoisotopic (exact) mass is 493 g/mol. The largest absolute Gasteiger partial charge is 0.497 e. The van der Waals surface area contributed by atoms with Gasteiger partial charge in [0.15, 0.2) is 11.5 Å². The second kappa shape index (κ2) is 12.4. The van der Waals surface area contributed by atoms with Gasteiger partial charge in [-0.2, -0.15) is 18.4 Å². The molecule has 2 aromatic carbocycles. The van der Waals surface area contributed by atoms with Crippen LogP contribution in [0.2, 0.25) is 0 Å². The normalized spacial score (nSPS) is 14.7. The summed E-state index contributed by atoms with van der Waals surface area (Å²) in [5.41, 5.74) is 0.643. The predicted molar refractivity (Wildman–Crippen MR) is 128 cm³/mol. The summed E-state index contributed by atoms with van der Waals surface area (Å²) in [6.07, 6.45) is 1.39. The second-order valence-electron chi connectivity index (χ2n) is 7.31. The van der Waals surface area contributed by atoms with Gasteiger partial charge >= 0.3 is 0 Å². The first-order valence-electron chi connectivity index (χ1n) is 10.9. The molecule has 2 aromatic rings. The average molecular weight is 494 g/mol. The average Bonchev–Trinajstić information content (AvgIpc) is 2.85. The number of ether oxygens (including phenoxy) is 5. The summed E-state index contributed by atoms with van der Waals surface area (Å²) < 4.78 is 52.7. The minimum Gasteiger partial charge on any atom is -0.497 e. The lowest BCUT2D eigenvalue weighted by molar-refractivity contribution is 0.0321. The fourth-order valence-electron chi connectivity index (χ4n) is 3.32. The predicted octanol–water partition coefficient (Wildman–Crippen LogP) is 2.13. The number of nitrogens with zero attached hydrogens (tertiary/aromatic N) is 2. The molecular weight excluding hydrogens is 462 g/mol. The maximum atomic E-state index is 12.7. The van der Waals surface area contributed by atoms with Crippen LogP contribution in [0.1, 0.15) is 12.5 Å². The Bertz CT molecular complexity index is 1070. The molecule has 0 bridgehead atoms. The third-order valence-corrected chi connectivity index (χ3v) is 6.33. The van der Waals surface area contributed by atoms with Gasteiger partial charge in [-0.15, -0.1) is 0 Å². The maximum Gasteiger partial charge on any atom is 0.280 e. The molecule has 1 fully saturated rings. The molecule has 1 heterocycles. The van der Waals surface area contributed by atoms with Crippen LogP contribution >= 0.6 is 0 Å². The number of benzene rings is 2. The van der Waals surface area contributed by atoms with E-state index >= 15 is 0 Å². The number of hydrogen-bond donors (Lipinski definition) is 1. The van der Waals surface area contributed by atoms with Crippen LogP contribution in [0.4, 0.5) is 0 Å². The number of rotatable bonds is 12. The molecule has 1 saturated heterocycles. The fraction of sp³-hybridized carbons (Fsp3) is 0.435. The van der Waals surface area contributed by atoms with E-state index in [4.69, 9.17) is 23.7 Å². The minimum atomic E-state index is -3.98. The molecule has 34 heavy (non-hydrogen) atoms. The topological polar surface area (TPSA) is 108 Å². The van der Waals surface area contributed by atoms with Crippen molar-refractivity contribution in [2.75, 3.05) is 60.3 Å². The molecule has 0 aromatic heterocycles. The molecule has 0 unspecified atom stereocenters. The smallest absolute Gasteiger partial charge is 0.280 e. The molecular formula is C23H31N3O7S. The summed E-state index contributed by atoms with van der Waals surface area (Å²) in [5.74, 6) is 1.75. The highest BCUT2D eigenvalue weighted by Gasteiger charge is 2.20. The molecule has 186 valence electrons. The Hall–Kier alpha value is -3.02. The first-order valence-corrected chi connectivity index (χ1v) is 12.4. The highest BCUT2D eigenvalue weighted by Crippen LogP contribution is 2.29. The summed E-state index contributed by atoms with van der Waals surface area (Å²) >= 11 is 0. The lowest BCUT2D eigenvalue weighted by Crippen LogP contribution is -2.38. The SMILES string of the molecule is CCOc1cc(/C=N/NS(=O)(=O)c2cc(OC)ccc2OC)ccc1OCCN1CCOCC1. The van der Waals surface area contributed by atoms with E-state index in [1.807, 2.05) is 6.92 Å². The number of methoxy groups -OCH3 is 2. The lowest BCUT2D eigenvalue weighted by Gasteiger charge is -2.26. The lowest BCUT2D eigenvalue weighted by atomic mass is 10.2. The van der Waals surface area contributed by atoms with Gasteiger partial charge in [0.2, 0.25) is 0 Å². The number of hydrogen-bond acceptors (Lipinski definition) is 9. The molecule has 0 spiro atoms. The summed E-state index contributed by atoms with van der Waals surface area (Å²) in [6, 6.07) is 9.80. The number of morpholine rings is 1. The first kappa shape index (κ1) is 25.6. The molecule has 11 heteroatoms. The Morgan fingerprint density at radius 2 is 1.79 bits per heavy atom. The van der Waals surface area contributed by atoms with Crippen LogP contribution in [0.5, 0.6) is 23.0 Å². The third kappa shape index (κ3) is 6.99. The van der Waals surface area contributed by atoms with Gasteiger partial charge in [0.1, 0.15) is 23.0 Å². The zero-order chi connectivity index (χ0) is 24.4. The zero-order valence-corrected chi connectivity index (χ0v) is 20.5. The molecule has 0 amide bonds. The van der Waals surface area contributed by atoms with E-state index in [0.717, 1.165) is 32.8 Å².